The van der Waals surface area contributed by atoms with Crippen molar-refractivity contribution in [3.63, 3.8) is 0 Å². The van der Waals surface area contributed by atoms with Crippen LogP contribution in [0, 0.1) is 5.82 Å². The Morgan fingerprint density at radius 3 is 2.86 bits per heavy atom. The van der Waals surface area contributed by atoms with E-state index in [0.29, 0.717) is 35.8 Å². The number of nitrogens with zero attached hydrogens (tertiary/aromatic N) is 3. The van der Waals surface area contributed by atoms with Crippen molar-refractivity contribution < 1.29 is 22.3 Å². The van der Waals surface area contributed by atoms with Gasteiger partial charge in [0, 0.05) is 46.9 Å². The minimum absolute atomic E-state index is 0.136. The highest BCUT2D eigenvalue weighted by atomic mass is 35.5. The lowest BCUT2D eigenvalue weighted by molar-refractivity contribution is -0.139. The largest absolute Gasteiger partial charge is 0.463 e. The van der Waals surface area contributed by atoms with E-state index in [0.717, 1.165) is 4.34 Å². The summed E-state index contributed by atoms with van der Waals surface area (Å²) in [5.41, 5.74) is 1.35. The topological polar surface area (TPSA) is 101 Å². The average molecular weight is 557 g/mol. The standard InChI is InChI=1S/C22H22ClFN4O4S3/c1-2-32-20(29)18-17-10-13(27-35(30,31)14-4-5-14)11-28(17)21(34-22-25-7-8-33-22)26-19(18)15-6-3-12(24)9-16(15)23/h3,6-9,13-14,19,27H,2,4-5,10-11H2,1H3/t13-,19-/m0/s1. The molecule has 1 saturated carbocycles. The number of amidine groups is 1. The fourth-order valence-electron chi connectivity index (χ4n) is 4.18. The Morgan fingerprint density at radius 1 is 1.40 bits per heavy atom. The normalized spacial score (nSPS) is 22.3. The van der Waals surface area contributed by atoms with Gasteiger partial charge >= 0.3 is 5.97 Å². The maximum absolute atomic E-state index is 13.8. The Balaban J connectivity index is 1.59. The van der Waals surface area contributed by atoms with Gasteiger partial charge in [0.15, 0.2) is 9.51 Å². The number of esters is 1. The number of thioether (sulfide) groups is 1. The average Bonchev–Trinajstić information content (AvgIpc) is 3.40. The first-order valence-corrected chi connectivity index (χ1v) is 14.7. The molecule has 35 heavy (non-hydrogen) atoms. The Hall–Kier alpha value is -1.99. The van der Waals surface area contributed by atoms with Crippen molar-refractivity contribution >= 4 is 55.9 Å². The summed E-state index contributed by atoms with van der Waals surface area (Å²) in [6.45, 7) is 2.17. The molecule has 1 N–H and O–H groups in total. The summed E-state index contributed by atoms with van der Waals surface area (Å²) >= 11 is 9.16. The number of hydrogen-bond acceptors (Lipinski definition) is 9. The molecule has 2 atom stereocenters. The van der Waals surface area contributed by atoms with E-state index in [2.05, 4.69) is 9.71 Å². The van der Waals surface area contributed by atoms with Gasteiger partial charge in [-0.15, -0.1) is 11.3 Å². The number of thiazole rings is 1. The van der Waals surface area contributed by atoms with Crippen LogP contribution in [0.2, 0.25) is 5.02 Å². The number of ether oxygens (including phenoxy) is 1. The van der Waals surface area contributed by atoms with Gasteiger partial charge in [-0.1, -0.05) is 17.7 Å². The third-order valence-electron chi connectivity index (χ3n) is 5.86. The van der Waals surface area contributed by atoms with Crippen LogP contribution >= 0.6 is 34.7 Å². The van der Waals surface area contributed by atoms with Crippen LogP contribution < -0.4 is 4.72 Å². The third-order valence-corrected chi connectivity index (χ3v) is 10.1. The van der Waals surface area contributed by atoms with E-state index >= 15 is 0 Å². The van der Waals surface area contributed by atoms with Gasteiger partial charge in [0.2, 0.25) is 10.0 Å². The first-order valence-electron chi connectivity index (χ1n) is 11.1. The monoisotopic (exact) mass is 556 g/mol. The lowest BCUT2D eigenvalue weighted by Gasteiger charge is -2.31. The van der Waals surface area contributed by atoms with Gasteiger partial charge in [-0.25, -0.2) is 32.3 Å². The molecule has 0 amide bonds. The highest BCUT2D eigenvalue weighted by Crippen LogP contribution is 2.44. The van der Waals surface area contributed by atoms with E-state index < -0.39 is 33.9 Å². The second kappa shape index (κ2) is 9.81. The van der Waals surface area contributed by atoms with Gasteiger partial charge in [0.25, 0.3) is 0 Å². The summed E-state index contributed by atoms with van der Waals surface area (Å²) in [4.78, 5) is 24.2. The number of carbonyl (C=O) groups is 1. The van der Waals surface area contributed by atoms with E-state index in [-0.39, 0.29) is 28.9 Å². The Bertz CT molecular complexity index is 1310. The van der Waals surface area contributed by atoms with E-state index in [1.54, 1.807) is 13.1 Å². The number of aliphatic imine (C=N–C) groups is 1. The first kappa shape index (κ1) is 24.7. The minimum Gasteiger partial charge on any atom is -0.463 e. The molecule has 0 radical (unpaired) electrons. The predicted molar refractivity (Wildman–Crippen MR) is 133 cm³/mol. The number of nitrogens with one attached hydrogen (secondary N) is 1. The van der Waals surface area contributed by atoms with Gasteiger partial charge in [-0.3, -0.25) is 0 Å². The summed E-state index contributed by atoms with van der Waals surface area (Å²) in [6.07, 6.45) is 3.27. The van der Waals surface area contributed by atoms with Gasteiger partial charge < -0.3 is 9.64 Å². The molecule has 0 spiro atoms. The molecule has 2 fully saturated rings. The maximum Gasteiger partial charge on any atom is 0.338 e. The van der Waals surface area contributed by atoms with Crippen LogP contribution in [-0.4, -0.2) is 53.9 Å². The molecule has 5 rings (SSSR count). The van der Waals surface area contributed by atoms with Crippen molar-refractivity contribution in [3.05, 3.63) is 57.4 Å². The fraction of sp³-hybridized carbons (Fsp3) is 0.409. The zero-order valence-electron chi connectivity index (χ0n) is 18.6. The van der Waals surface area contributed by atoms with Crippen LogP contribution in [0.25, 0.3) is 0 Å². The summed E-state index contributed by atoms with van der Waals surface area (Å²) in [5.74, 6) is -1.07. The number of sulfonamides is 1. The van der Waals surface area contributed by atoms with Crippen molar-refractivity contribution in [1.82, 2.24) is 14.6 Å². The van der Waals surface area contributed by atoms with E-state index in [1.165, 1.54) is 41.3 Å². The molecule has 13 heteroatoms. The van der Waals surface area contributed by atoms with E-state index in [1.807, 2.05) is 10.3 Å². The van der Waals surface area contributed by atoms with Crippen LogP contribution in [0.3, 0.4) is 0 Å². The molecular weight excluding hydrogens is 535 g/mol. The molecule has 3 heterocycles. The third kappa shape index (κ3) is 5.12. The molecule has 2 aromatic rings. The zero-order chi connectivity index (χ0) is 24.7. The molecule has 0 bridgehead atoms. The van der Waals surface area contributed by atoms with Crippen LogP contribution in [0.5, 0.6) is 0 Å². The Labute approximate surface area is 215 Å². The number of hydrogen-bond donors (Lipinski definition) is 1. The second-order valence-electron chi connectivity index (χ2n) is 8.33. The van der Waals surface area contributed by atoms with Gasteiger partial charge in [0.05, 0.1) is 17.4 Å². The van der Waals surface area contributed by atoms with E-state index in [9.17, 15) is 17.6 Å². The van der Waals surface area contributed by atoms with Crippen molar-refractivity contribution in [2.75, 3.05) is 13.2 Å². The number of halogens is 2. The zero-order valence-corrected chi connectivity index (χ0v) is 21.8. The highest BCUT2D eigenvalue weighted by molar-refractivity contribution is 8.15. The number of fused-ring (bicyclic) bond motifs is 1. The number of benzene rings is 1. The van der Waals surface area contributed by atoms with Crippen molar-refractivity contribution in [2.24, 2.45) is 4.99 Å². The smallest absolute Gasteiger partial charge is 0.338 e. The summed E-state index contributed by atoms with van der Waals surface area (Å²) in [7, 11) is -3.44. The molecule has 2 aliphatic heterocycles. The van der Waals surface area contributed by atoms with Crippen molar-refractivity contribution in [3.8, 4) is 0 Å². The van der Waals surface area contributed by atoms with Crippen molar-refractivity contribution in [1.29, 1.82) is 0 Å². The van der Waals surface area contributed by atoms with Crippen molar-refractivity contribution in [2.45, 2.75) is 47.9 Å². The Morgan fingerprint density at radius 2 is 2.20 bits per heavy atom. The number of aromatic nitrogens is 1. The molecule has 8 nitrogen and oxygen atoms in total. The fourth-order valence-corrected chi connectivity index (χ4v) is 7.69. The molecular formula is C22H22ClFN4O4S3. The molecule has 1 aromatic heterocycles. The number of carbonyl (C=O) groups excluding carboxylic acids is 1. The molecule has 1 aliphatic carbocycles. The predicted octanol–water partition coefficient (Wildman–Crippen LogP) is 4.11. The molecule has 0 unspecified atom stereocenters. The van der Waals surface area contributed by atoms with Crippen LogP contribution in [0.15, 0.2) is 50.4 Å². The van der Waals surface area contributed by atoms with Crippen LogP contribution in [0.1, 0.15) is 37.8 Å². The van der Waals surface area contributed by atoms with Crippen LogP contribution in [-0.2, 0) is 19.6 Å². The van der Waals surface area contributed by atoms with E-state index in [4.69, 9.17) is 21.3 Å². The van der Waals surface area contributed by atoms with Crippen LogP contribution in [0.4, 0.5) is 4.39 Å². The van der Waals surface area contributed by atoms with Gasteiger partial charge in [-0.2, -0.15) is 0 Å². The van der Waals surface area contributed by atoms with Gasteiger partial charge in [-0.05, 0) is 43.7 Å². The van der Waals surface area contributed by atoms with Gasteiger partial charge in [0.1, 0.15) is 11.9 Å². The lowest BCUT2D eigenvalue weighted by atomic mass is 9.95. The highest BCUT2D eigenvalue weighted by Gasteiger charge is 2.44. The molecule has 186 valence electrons. The summed E-state index contributed by atoms with van der Waals surface area (Å²) < 4.78 is 48.0. The summed E-state index contributed by atoms with van der Waals surface area (Å²) in [5, 5.41) is 2.18. The molecule has 1 aromatic carbocycles. The summed E-state index contributed by atoms with van der Waals surface area (Å²) in [6, 6.07) is 2.68. The molecule has 3 aliphatic rings. The Kier molecular flexibility index (Phi) is 6.92. The first-order chi connectivity index (χ1) is 16.8. The second-order valence-corrected chi connectivity index (χ2v) is 12.8. The minimum atomic E-state index is -3.44. The molecule has 1 saturated heterocycles. The number of rotatable bonds is 7. The maximum atomic E-state index is 13.8. The lowest BCUT2D eigenvalue weighted by Crippen LogP contribution is -2.40. The SMILES string of the molecule is CCOC(=O)C1=C2C[C@H](NS(=O)(=O)C3CC3)CN2C(Sc2nccs2)=N[C@H]1c1ccc(F)cc1Cl. The quantitative estimate of drug-likeness (QED) is 0.512.